The summed E-state index contributed by atoms with van der Waals surface area (Å²) in [5, 5.41) is 12.3. The Balaban J connectivity index is 1.97. The van der Waals surface area contributed by atoms with Gasteiger partial charge in [-0.1, -0.05) is 44.2 Å². The standard InChI is InChI=1S/C17H21NO3/c1-12-13(9-15(21-12)16(19)20)10-18-11-17(2,3)14-7-5-4-6-8-14/h4-9,18H,10-11H2,1-3H3,(H,19,20). The molecule has 0 atom stereocenters. The van der Waals surface area contributed by atoms with Gasteiger partial charge in [0.25, 0.3) is 0 Å². The van der Waals surface area contributed by atoms with E-state index in [0.29, 0.717) is 12.3 Å². The summed E-state index contributed by atoms with van der Waals surface area (Å²) in [5.41, 5.74) is 2.16. The minimum absolute atomic E-state index is 0.00776. The maximum absolute atomic E-state index is 10.9. The topological polar surface area (TPSA) is 62.5 Å². The molecule has 1 heterocycles. The van der Waals surface area contributed by atoms with Crippen LogP contribution in [-0.2, 0) is 12.0 Å². The molecular weight excluding hydrogens is 266 g/mol. The predicted molar refractivity (Wildman–Crippen MR) is 81.6 cm³/mol. The summed E-state index contributed by atoms with van der Waals surface area (Å²) in [6.07, 6.45) is 0. The van der Waals surface area contributed by atoms with E-state index in [9.17, 15) is 4.79 Å². The van der Waals surface area contributed by atoms with E-state index in [-0.39, 0.29) is 11.2 Å². The Bertz CT molecular complexity index is 614. The first-order valence-corrected chi connectivity index (χ1v) is 6.99. The maximum atomic E-state index is 10.9. The number of furan rings is 1. The van der Waals surface area contributed by atoms with Crippen LogP contribution in [0.5, 0.6) is 0 Å². The van der Waals surface area contributed by atoms with Gasteiger partial charge in [0.15, 0.2) is 0 Å². The lowest BCUT2D eigenvalue weighted by atomic mass is 9.84. The van der Waals surface area contributed by atoms with Gasteiger partial charge in [0.2, 0.25) is 5.76 Å². The Hall–Kier alpha value is -2.07. The molecule has 4 heteroatoms. The normalized spacial score (nSPS) is 11.6. The molecule has 0 fully saturated rings. The smallest absolute Gasteiger partial charge is 0.371 e. The van der Waals surface area contributed by atoms with Crippen LogP contribution in [0.1, 0.15) is 41.3 Å². The van der Waals surface area contributed by atoms with Gasteiger partial charge < -0.3 is 14.8 Å². The van der Waals surface area contributed by atoms with Crippen molar-refractivity contribution in [3.63, 3.8) is 0 Å². The van der Waals surface area contributed by atoms with Crippen LogP contribution >= 0.6 is 0 Å². The Kier molecular flexibility index (Phi) is 4.48. The molecule has 0 saturated heterocycles. The highest BCUT2D eigenvalue weighted by atomic mass is 16.4. The third kappa shape index (κ3) is 3.73. The summed E-state index contributed by atoms with van der Waals surface area (Å²) in [5.74, 6) is -0.391. The Labute approximate surface area is 124 Å². The van der Waals surface area contributed by atoms with Crippen LogP contribution in [0.3, 0.4) is 0 Å². The minimum atomic E-state index is -1.03. The molecule has 2 N–H and O–H groups in total. The lowest BCUT2D eigenvalue weighted by Gasteiger charge is -2.25. The van der Waals surface area contributed by atoms with Gasteiger partial charge >= 0.3 is 5.97 Å². The average Bonchev–Trinajstić information content (AvgIpc) is 2.81. The van der Waals surface area contributed by atoms with Crippen molar-refractivity contribution < 1.29 is 14.3 Å². The second-order valence-corrected chi connectivity index (χ2v) is 5.85. The summed E-state index contributed by atoms with van der Waals surface area (Å²) in [4.78, 5) is 10.9. The number of carboxylic acid groups (broad SMARTS) is 1. The third-order valence-electron chi connectivity index (χ3n) is 3.67. The maximum Gasteiger partial charge on any atom is 0.371 e. The lowest BCUT2D eigenvalue weighted by molar-refractivity contribution is 0.0661. The first-order valence-electron chi connectivity index (χ1n) is 6.99. The molecule has 0 radical (unpaired) electrons. The highest BCUT2D eigenvalue weighted by Crippen LogP contribution is 2.22. The number of carboxylic acids is 1. The molecule has 1 aromatic carbocycles. The average molecular weight is 287 g/mol. The summed E-state index contributed by atoms with van der Waals surface area (Å²) in [6, 6.07) is 11.9. The summed E-state index contributed by atoms with van der Waals surface area (Å²) in [6.45, 7) is 7.54. The Morgan fingerprint density at radius 1 is 1.29 bits per heavy atom. The summed E-state index contributed by atoms with van der Waals surface area (Å²) in [7, 11) is 0. The number of rotatable bonds is 6. The molecule has 1 aromatic heterocycles. The zero-order chi connectivity index (χ0) is 15.5. The van der Waals surface area contributed by atoms with Gasteiger partial charge in [0.05, 0.1) is 0 Å². The molecule has 4 nitrogen and oxygen atoms in total. The van der Waals surface area contributed by atoms with E-state index in [1.165, 1.54) is 5.56 Å². The number of benzene rings is 1. The molecule has 0 aliphatic heterocycles. The van der Waals surface area contributed by atoms with Crippen molar-refractivity contribution in [2.75, 3.05) is 6.54 Å². The number of carbonyl (C=O) groups is 1. The fourth-order valence-electron chi connectivity index (χ4n) is 2.30. The molecule has 2 rings (SSSR count). The lowest BCUT2D eigenvalue weighted by Crippen LogP contribution is -2.32. The van der Waals surface area contributed by atoms with Crippen molar-refractivity contribution in [1.82, 2.24) is 5.32 Å². The predicted octanol–water partition coefficient (Wildman–Crippen LogP) is 3.35. The third-order valence-corrected chi connectivity index (χ3v) is 3.67. The fraction of sp³-hybridized carbons (Fsp3) is 0.353. The van der Waals surface area contributed by atoms with Crippen LogP contribution < -0.4 is 5.32 Å². The van der Waals surface area contributed by atoms with Crippen LogP contribution in [-0.4, -0.2) is 17.6 Å². The number of nitrogens with one attached hydrogen (secondary N) is 1. The van der Waals surface area contributed by atoms with Crippen LogP contribution in [0, 0.1) is 6.92 Å². The van der Waals surface area contributed by atoms with Crippen molar-refractivity contribution in [3.05, 3.63) is 59.0 Å². The van der Waals surface area contributed by atoms with Crippen LogP contribution in [0.15, 0.2) is 40.8 Å². The number of hydrogen-bond acceptors (Lipinski definition) is 3. The van der Waals surface area contributed by atoms with Crippen LogP contribution in [0.2, 0.25) is 0 Å². The first kappa shape index (κ1) is 15.3. The van der Waals surface area contributed by atoms with Crippen LogP contribution in [0.4, 0.5) is 0 Å². The van der Waals surface area contributed by atoms with Gasteiger partial charge in [0, 0.05) is 24.1 Å². The highest BCUT2D eigenvalue weighted by Gasteiger charge is 2.20. The van der Waals surface area contributed by atoms with Crippen molar-refractivity contribution in [2.45, 2.75) is 32.7 Å². The Morgan fingerprint density at radius 2 is 1.95 bits per heavy atom. The second-order valence-electron chi connectivity index (χ2n) is 5.85. The molecule has 21 heavy (non-hydrogen) atoms. The quantitative estimate of drug-likeness (QED) is 0.855. The van der Waals surface area contributed by atoms with E-state index in [1.807, 2.05) is 18.2 Å². The highest BCUT2D eigenvalue weighted by molar-refractivity contribution is 5.84. The summed E-state index contributed by atoms with van der Waals surface area (Å²) >= 11 is 0. The molecule has 0 spiro atoms. The molecule has 0 amide bonds. The summed E-state index contributed by atoms with van der Waals surface area (Å²) < 4.78 is 5.20. The second kappa shape index (κ2) is 6.14. The molecule has 0 unspecified atom stereocenters. The number of hydrogen-bond donors (Lipinski definition) is 2. The van der Waals surface area contributed by atoms with E-state index in [0.717, 1.165) is 12.1 Å². The number of aryl methyl sites for hydroxylation is 1. The molecule has 0 aliphatic carbocycles. The Morgan fingerprint density at radius 3 is 2.52 bits per heavy atom. The van der Waals surface area contributed by atoms with E-state index >= 15 is 0 Å². The van der Waals surface area contributed by atoms with Gasteiger partial charge in [-0.05, 0) is 18.6 Å². The monoisotopic (exact) mass is 287 g/mol. The zero-order valence-electron chi connectivity index (χ0n) is 12.6. The van der Waals surface area contributed by atoms with Gasteiger partial charge in [-0.3, -0.25) is 0 Å². The minimum Gasteiger partial charge on any atom is -0.475 e. The molecule has 0 bridgehead atoms. The molecule has 2 aromatic rings. The van der Waals surface area contributed by atoms with E-state index in [2.05, 4.69) is 31.3 Å². The SMILES string of the molecule is Cc1oc(C(=O)O)cc1CNCC(C)(C)c1ccccc1. The van der Waals surface area contributed by atoms with Crippen molar-refractivity contribution >= 4 is 5.97 Å². The molecular formula is C17H21NO3. The van der Waals surface area contributed by atoms with Crippen molar-refractivity contribution in [2.24, 2.45) is 0 Å². The van der Waals surface area contributed by atoms with Crippen LogP contribution in [0.25, 0.3) is 0 Å². The van der Waals surface area contributed by atoms with E-state index in [4.69, 9.17) is 9.52 Å². The van der Waals surface area contributed by atoms with Gasteiger partial charge in [-0.2, -0.15) is 0 Å². The number of aromatic carboxylic acids is 1. The largest absolute Gasteiger partial charge is 0.475 e. The molecule has 0 saturated carbocycles. The molecule has 112 valence electrons. The zero-order valence-corrected chi connectivity index (χ0v) is 12.6. The molecule has 0 aliphatic rings. The fourth-order valence-corrected chi connectivity index (χ4v) is 2.30. The van der Waals surface area contributed by atoms with E-state index in [1.54, 1.807) is 13.0 Å². The first-order chi connectivity index (χ1) is 9.90. The van der Waals surface area contributed by atoms with Crippen molar-refractivity contribution in [3.8, 4) is 0 Å². The van der Waals surface area contributed by atoms with Gasteiger partial charge in [-0.25, -0.2) is 4.79 Å². The van der Waals surface area contributed by atoms with E-state index < -0.39 is 5.97 Å². The van der Waals surface area contributed by atoms with Gasteiger partial charge in [-0.15, -0.1) is 0 Å². The van der Waals surface area contributed by atoms with Gasteiger partial charge in [0.1, 0.15) is 5.76 Å². The van der Waals surface area contributed by atoms with Crippen molar-refractivity contribution in [1.29, 1.82) is 0 Å².